The maximum Gasteiger partial charge on any atom is 0.303 e. The number of amides is 1. The Morgan fingerprint density at radius 3 is 2.33 bits per heavy atom. The first-order valence-electron chi connectivity index (χ1n) is 13.1. The van der Waals surface area contributed by atoms with E-state index in [0.29, 0.717) is 36.7 Å². The second kappa shape index (κ2) is 12.4. The minimum absolute atomic E-state index is 0.00646. The highest BCUT2D eigenvalue weighted by molar-refractivity contribution is 5.97. The van der Waals surface area contributed by atoms with Crippen LogP contribution in [0.2, 0.25) is 0 Å². The van der Waals surface area contributed by atoms with Gasteiger partial charge in [-0.3, -0.25) is 9.59 Å². The number of hydrogen-bond acceptors (Lipinski definition) is 5. The van der Waals surface area contributed by atoms with E-state index in [1.807, 2.05) is 88.4 Å². The summed E-state index contributed by atoms with van der Waals surface area (Å²) < 4.78 is 11.9. The van der Waals surface area contributed by atoms with Crippen LogP contribution in [0.5, 0.6) is 5.75 Å². The maximum absolute atomic E-state index is 13.0. The van der Waals surface area contributed by atoms with Crippen molar-refractivity contribution in [2.24, 2.45) is 0 Å². The molecule has 7 heteroatoms. The number of hydrogen-bond donors (Lipinski definition) is 2. The molecular weight excluding hydrogens is 492 g/mol. The van der Waals surface area contributed by atoms with Crippen LogP contribution in [0.25, 0.3) is 11.5 Å². The van der Waals surface area contributed by atoms with E-state index in [2.05, 4.69) is 10.3 Å². The maximum atomic E-state index is 13.0. The highest BCUT2D eigenvalue weighted by Gasteiger charge is 2.15. The van der Waals surface area contributed by atoms with Crippen molar-refractivity contribution >= 4 is 11.9 Å². The Balaban J connectivity index is 1.44. The molecule has 0 aliphatic carbocycles. The van der Waals surface area contributed by atoms with Crippen molar-refractivity contribution in [3.05, 3.63) is 105 Å². The van der Waals surface area contributed by atoms with Gasteiger partial charge in [-0.15, -0.1) is 0 Å². The van der Waals surface area contributed by atoms with Gasteiger partial charge in [-0.2, -0.15) is 0 Å². The Morgan fingerprint density at radius 2 is 1.64 bits per heavy atom. The molecule has 4 aromatic rings. The molecule has 0 fully saturated rings. The van der Waals surface area contributed by atoms with Gasteiger partial charge in [-0.25, -0.2) is 4.98 Å². The number of oxazole rings is 1. The molecule has 1 heterocycles. The van der Waals surface area contributed by atoms with Crippen molar-refractivity contribution < 1.29 is 23.8 Å². The minimum Gasteiger partial charge on any atom is -0.493 e. The molecule has 4 rings (SSSR count). The second-order valence-corrected chi connectivity index (χ2v) is 9.77. The van der Waals surface area contributed by atoms with Crippen LogP contribution in [0.3, 0.4) is 0 Å². The van der Waals surface area contributed by atoms with Crippen LogP contribution >= 0.6 is 0 Å². The predicted molar refractivity (Wildman–Crippen MR) is 150 cm³/mol. The van der Waals surface area contributed by atoms with E-state index in [1.54, 1.807) is 0 Å². The quantitative estimate of drug-likeness (QED) is 0.243. The van der Waals surface area contributed by atoms with Gasteiger partial charge in [0.1, 0.15) is 11.5 Å². The summed E-state index contributed by atoms with van der Waals surface area (Å²) in [5, 5.41) is 12.2. The topological polar surface area (TPSA) is 102 Å². The lowest BCUT2D eigenvalue weighted by Gasteiger charge is -2.15. The molecule has 0 spiro atoms. The van der Waals surface area contributed by atoms with Gasteiger partial charge in [0.25, 0.3) is 5.91 Å². The number of rotatable bonds is 11. The number of ether oxygens (including phenoxy) is 1. The van der Waals surface area contributed by atoms with Gasteiger partial charge < -0.3 is 19.6 Å². The Labute approximate surface area is 228 Å². The number of aliphatic carboxylic acids is 1. The molecule has 0 saturated carbocycles. The van der Waals surface area contributed by atoms with Crippen molar-refractivity contribution in [2.45, 2.75) is 53.5 Å². The number of nitrogens with zero attached hydrogens (tertiary/aromatic N) is 1. The van der Waals surface area contributed by atoms with Crippen LogP contribution < -0.4 is 10.1 Å². The molecule has 0 aliphatic heterocycles. The molecule has 0 atom stereocenters. The number of benzene rings is 3. The summed E-state index contributed by atoms with van der Waals surface area (Å²) >= 11 is 0. The molecule has 0 bridgehead atoms. The highest BCUT2D eigenvalue weighted by atomic mass is 16.5. The van der Waals surface area contributed by atoms with E-state index >= 15 is 0 Å². The fourth-order valence-corrected chi connectivity index (χ4v) is 4.77. The molecule has 2 N–H and O–H groups in total. The smallest absolute Gasteiger partial charge is 0.303 e. The molecule has 1 amide bonds. The fraction of sp³-hybridized carbons (Fsp3) is 0.281. The number of nitrogens with one attached hydrogen (secondary N) is 1. The van der Waals surface area contributed by atoms with Gasteiger partial charge in [0.15, 0.2) is 0 Å². The van der Waals surface area contributed by atoms with E-state index in [4.69, 9.17) is 9.15 Å². The van der Waals surface area contributed by atoms with Gasteiger partial charge in [-0.1, -0.05) is 42.0 Å². The average Bonchev–Trinajstić information content (AvgIpc) is 3.27. The zero-order chi connectivity index (χ0) is 27.9. The first kappa shape index (κ1) is 27.6. The third kappa shape index (κ3) is 7.13. The minimum atomic E-state index is -0.867. The van der Waals surface area contributed by atoms with Crippen LogP contribution in [-0.4, -0.2) is 28.6 Å². The Morgan fingerprint density at radius 1 is 0.923 bits per heavy atom. The summed E-state index contributed by atoms with van der Waals surface area (Å²) in [6, 6.07) is 19.3. The lowest BCUT2D eigenvalue weighted by atomic mass is 9.98. The second-order valence-electron chi connectivity index (χ2n) is 9.77. The number of carbonyl (C=O) groups is 2. The van der Waals surface area contributed by atoms with Gasteiger partial charge in [-0.05, 0) is 80.6 Å². The predicted octanol–water partition coefficient (Wildman–Crippen LogP) is 6.14. The standard InChI is InChI=1S/C32H34N2O5/c1-20-16-21(2)30(22(3)17-20)31(37)33-19-26-18-27(12-10-24(26)11-13-29(35)36)38-15-14-28-23(4)39-32(34-28)25-8-6-5-7-9-25/h5-10,12,16-18H,11,13-15,19H2,1-4H3,(H,33,37)(H,35,36). The summed E-state index contributed by atoms with van der Waals surface area (Å²) in [4.78, 5) is 28.9. The molecular formula is C32H34N2O5. The summed E-state index contributed by atoms with van der Waals surface area (Å²) in [5.74, 6) is 0.963. The van der Waals surface area contributed by atoms with E-state index < -0.39 is 5.97 Å². The number of carboxylic acid groups (broad SMARTS) is 1. The van der Waals surface area contributed by atoms with Crippen molar-refractivity contribution in [1.82, 2.24) is 10.3 Å². The first-order chi connectivity index (χ1) is 18.7. The zero-order valence-corrected chi connectivity index (χ0v) is 22.8. The summed E-state index contributed by atoms with van der Waals surface area (Å²) in [7, 11) is 0. The SMILES string of the molecule is Cc1cc(C)c(C(=O)NCc2cc(OCCc3nc(-c4ccccc4)oc3C)ccc2CCC(=O)O)c(C)c1. The van der Waals surface area contributed by atoms with Crippen molar-refractivity contribution in [2.75, 3.05) is 6.61 Å². The number of carboxylic acids is 1. The normalized spacial score (nSPS) is 10.9. The monoisotopic (exact) mass is 526 g/mol. The number of carbonyl (C=O) groups excluding carboxylic acids is 1. The van der Waals surface area contributed by atoms with Crippen LogP contribution in [0, 0.1) is 27.7 Å². The molecule has 7 nitrogen and oxygen atoms in total. The van der Waals surface area contributed by atoms with Gasteiger partial charge >= 0.3 is 5.97 Å². The summed E-state index contributed by atoms with van der Waals surface area (Å²) in [5.41, 5.74) is 7.07. The van der Waals surface area contributed by atoms with Gasteiger partial charge in [0.05, 0.1) is 12.3 Å². The molecule has 3 aromatic carbocycles. The van der Waals surface area contributed by atoms with E-state index in [9.17, 15) is 14.7 Å². The summed E-state index contributed by atoms with van der Waals surface area (Å²) in [6.07, 6.45) is 0.942. The molecule has 0 unspecified atom stereocenters. The zero-order valence-electron chi connectivity index (χ0n) is 22.8. The Kier molecular flexibility index (Phi) is 8.81. The van der Waals surface area contributed by atoms with Crippen LogP contribution in [0.4, 0.5) is 0 Å². The van der Waals surface area contributed by atoms with E-state index in [0.717, 1.165) is 44.8 Å². The van der Waals surface area contributed by atoms with Crippen LogP contribution in [0.15, 0.2) is 65.1 Å². The molecule has 39 heavy (non-hydrogen) atoms. The molecule has 0 radical (unpaired) electrons. The highest BCUT2D eigenvalue weighted by Crippen LogP contribution is 2.24. The van der Waals surface area contributed by atoms with E-state index in [-0.39, 0.29) is 18.9 Å². The first-order valence-corrected chi connectivity index (χ1v) is 13.1. The number of aryl methyl sites for hydroxylation is 5. The van der Waals surface area contributed by atoms with Crippen molar-refractivity contribution in [3.8, 4) is 17.2 Å². The molecule has 0 saturated heterocycles. The lowest BCUT2D eigenvalue weighted by molar-refractivity contribution is -0.136. The average molecular weight is 527 g/mol. The summed E-state index contributed by atoms with van der Waals surface area (Å²) in [6.45, 7) is 8.42. The Hall–Kier alpha value is -4.39. The van der Waals surface area contributed by atoms with Gasteiger partial charge in [0, 0.05) is 30.5 Å². The largest absolute Gasteiger partial charge is 0.493 e. The third-order valence-corrected chi connectivity index (χ3v) is 6.65. The van der Waals surface area contributed by atoms with Crippen LogP contribution in [-0.2, 0) is 24.2 Å². The Bertz CT molecular complexity index is 1450. The molecule has 202 valence electrons. The van der Waals surface area contributed by atoms with Crippen molar-refractivity contribution in [1.29, 1.82) is 0 Å². The third-order valence-electron chi connectivity index (χ3n) is 6.65. The lowest BCUT2D eigenvalue weighted by Crippen LogP contribution is -2.25. The van der Waals surface area contributed by atoms with Gasteiger partial charge in [0.2, 0.25) is 5.89 Å². The van der Waals surface area contributed by atoms with E-state index in [1.165, 1.54) is 0 Å². The number of aromatic nitrogens is 1. The molecule has 1 aromatic heterocycles. The molecule has 0 aliphatic rings. The van der Waals surface area contributed by atoms with Crippen LogP contribution in [0.1, 0.15) is 56.1 Å². The fourth-order valence-electron chi connectivity index (χ4n) is 4.77. The van der Waals surface area contributed by atoms with Crippen molar-refractivity contribution in [3.63, 3.8) is 0 Å².